The molecule has 1 aliphatic heterocycles. The van der Waals surface area contributed by atoms with E-state index in [1.54, 1.807) is 0 Å². The standard InChI is InChI=1S/C8H18N2/c1-5-8-7(2)9(3)6-10(8)4/h7-8H,5-6H2,1-4H3. The van der Waals surface area contributed by atoms with E-state index < -0.39 is 0 Å². The average Bonchev–Trinajstić information content (AvgIpc) is 2.09. The van der Waals surface area contributed by atoms with Gasteiger partial charge in [-0.05, 0) is 27.4 Å². The van der Waals surface area contributed by atoms with Gasteiger partial charge in [0.25, 0.3) is 0 Å². The second kappa shape index (κ2) is 2.89. The van der Waals surface area contributed by atoms with Crippen molar-refractivity contribution in [2.75, 3.05) is 20.8 Å². The molecule has 0 bridgehead atoms. The molecule has 0 aromatic heterocycles. The fourth-order valence-corrected chi connectivity index (χ4v) is 1.90. The molecule has 0 radical (unpaired) electrons. The molecular weight excluding hydrogens is 124 g/mol. The first kappa shape index (κ1) is 8.02. The van der Waals surface area contributed by atoms with Crippen LogP contribution in [-0.2, 0) is 0 Å². The average molecular weight is 142 g/mol. The van der Waals surface area contributed by atoms with E-state index in [0.717, 1.165) is 18.8 Å². The molecule has 2 heteroatoms. The number of hydrogen-bond acceptors (Lipinski definition) is 2. The van der Waals surface area contributed by atoms with E-state index in [1.807, 2.05) is 0 Å². The van der Waals surface area contributed by atoms with Crippen molar-refractivity contribution in [3.63, 3.8) is 0 Å². The third-order valence-corrected chi connectivity index (χ3v) is 2.68. The summed E-state index contributed by atoms with van der Waals surface area (Å²) in [6, 6.07) is 1.50. The number of rotatable bonds is 1. The van der Waals surface area contributed by atoms with Gasteiger partial charge in [-0.1, -0.05) is 6.92 Å². The van der Waals surface area contributed by atoms with E-state index in [9.17, 15) is 0 Å². The lowest BCUT2D eigenvalue weighted by molar-refractivity contribution is 0.282. The summed E-state index contributed by atoms with van der Waals surface area (Å²) >= 11 is 0. The van der Waals surface area contributed by atoms with Gasteiger partial charge in [-0.2, -0.15) is 0 Å². The minimum Gasteiger partial charge on any atom is -0.289 e. The van der Waals surface area contributed by atoms with Crippen molar-refractivity contribution in [1.82, 2.24) is 9.80 Å². The second-order valence-electron chi connectivity index (χ2n) is 3.37. The summed E-state index contributed by atoms with van der Waals surface area (Å²) in [5.74, 6) is 0. The van der Waals surface area contributed by atoms with Gasteiger partial charge in [-0.3, -0.25) is 9.80 Å². The molecule has 1 rings (SSSR count). The normalized spacial score (nSPS) is 37.2. The lowest BCUT2D eigenvalue weighted by Gasteiger charge is -2.20. The fourth-order valence-electron chi connectivity index (χ4n) is 1.90. The highest BCUT2D eigenvalue weighted by atomic mass is 15.4. The predicted octanol–water partition coefficient (Wildman–Crippen LogP) is 0.988. The molecule has 2 atom stereocenters. The maximum Gasteiger partial charge on any atom is 0.0507 e. The maximum absolute atomic E-state index is 2.42. The van der Waals surface area contributed by atoms with Crippen LogP contribution in [0.25, 0.3) is 0 Å². The van der Waals surface area contributed by atoms with Crippen molar-refractivity contribution in [2.24, 2.45) is 0 Å². The molecule has 1 saturated heterocycles. The first-order valence-corrected chi connectivity index (χ1v) is 4.07. The Kier molecular flexibility index (Phi) is 2.32. The molecular formula is C8H18N2. The van der Waals surface area contributed by atoms with Gasteiger partial charge in [0.15, 0.2) is 0 Å². The summed E-state index contributed by atoms with van der Waals surface area (Å²) in [6.07, 6.45) is 1.27. The molecule has 60 valence electrons. The van der Waals surface area contributed by atoms with Crippen LogP contribution in [0.3, 0.4) is 0 Å². The fraction of sp³-hybridized carbons (Fsp3) is 1.00. The molecule has 10 heavy (non-hydrogen) atoms. The monoisotopic (exact) mass is 142 g/mol. The highest BCUT2D eigenvalue weighted by Gasteiger charge is 2.30. The molecule has 0 saturated carbocycles. The molecule has 0 aromatic rings. The van der Waals surface area contributed by atoms with Crippen molar-refractivity contribution >= 4 is 0 Å². The van der Waals surface area contributed by atoms with Gasteiger partial charge in [0.1, 0.15) is 0 Å². The Bertz CT molecular complexity index is 114. The molecule has 1 aliphatic rings. The Morgan fingerprint density at radius 1 is 1.30 bits per heavy atom. The van der Waals surface area contributed by atoms with E-state index in [1.165, 1.54) is 6.42 Å². The van der Waals surface area contributed by atoms with Crippen molar-refractivity contribution in [2.45, 2.75) is 32.4 Å². The van der Waals surface area contributed by atoms with Crippen LogP contribution in [0.1, 0.15) is 20.3 Å². The van der Waals surface area contributed by atoms with Crippen LogP contribution in [0.4, 0.5) is 0 Å². The van der Waals surface area contributed by atoms with Gasteiger partial charge in [-0.25, -0.2) is 0 Å². The Labute approximate surface area is 63.8 Å². The Morgan fingerprint density at radius 3 is 2.10 bits per heavy atom. The van der Waals surface area contributed by atoms with E-state index in [4.69, 9.17) is 0 Å². The smallest absolute Gasteiger partial charge is 0.0507 e. The Hall–Kier alpha value is -0.0800. The SMILES string of the molecule is CCC1C(C)N(C)CN1C. The van der Waals surface area contributed by atoms with Crippen LogP contribution in [0, 0.1) is 0 Å². The first-order chi connectivity index (χ1) is 4.66. The van der Waals surface area contributed by atoms with Crippen molar-refractivity contribution in [3.8, 4) is 0 Å². The second-order valence-corrected chi connectivity index (χ2v) is 3.37. The van der Waals surface area contributed by atoms with Gasteiger partial charge >= 0.3 is 0 Å². The molecule has 1 heterocycles. The summed E-state index contributed by atoms with van der Waals surface area (Å²) in [5.41, 5.74) is 0. The molecule has 0 aromatic carbocycles. The highest BCUT2D eigenvalue weighted by molar-refractivity contribution is 4.85. The van der Waals surface area contributed by atoms with E-state index in [0.29, 0.717) is 0 Å². The number of nitrogens with zero attached hydrogens (tertiary/aromatic N) is 2. The Morgan fingerprint density at radius 2 is 1.90 bits per heavy atom. The number of hydrogen-bond donors (Lipinski definition) is 0. The van der Waals surface area contributed by atoms with E-state index in [-0.39, 0.29) is 0 Å². The van der Waals surface area contributed by atoms with Crippen LogP contribution in [0.5, 0.6) is 0 Å². The van der Waals surface area contributed by atoms with Gasteiger partial charge < -0.3 is 0 Å². The lowest BCUT2D eigenvalue weighted by atomic mass is 10.1. The van der Waals surface area contributed by atoms with Gasteiger partial charge in [0.2, 0.25) is 0 Å². The van der Waals surface area contributed by atoms with Gasteiger partial charge in [-0.15, -0.1) is 0 Å². The summed E-state index contributed by atoms with van der Waals surface area (Å²) in [7, 11) is 4.39. The minimum absolute atomic E-state index is 0.731. The van der Waals surface area contributed by atoms with Gasteiger partial charge in [0, 0.05) is 12.1 Å². The first-order valence-electron chi connectivity index (χ1n) is 4.07. The Balaban J connectivity index is 2.55. The van der Waals surface area contributed by atoms with E-state index >= 15 is 0 Å². The molecule has 2 unspecified atom stereocenters. The van der Waals surface area contributed by atoms with Crippen LogP contribution in [-0.4, -0.2) is 42.6 Å². The molecule has 1 fully saturated rings. The maximum atomic E-state index is 2.42. The van der Waals surface area contributed by atoms with Crippen LogP contribution in [0.15, 0.2) is 0 Å². The molecule has 2 nitrogen and oxygen atoms in total. The summed E-state index contributed by atoms with van der Waals surface area (Å²) in [5, 5.41) is 0. The van der Waals surface area contributed by atoms with Crippen LogP contribution in [0.2, 0.25) is 0 Å². The third kappa shape index (κ3) is 1.18. The summed E-state index contributed by atoms with van der Waals surface area (Å²) in [4.78, 5) is 4.82. The molecule has 0 spiro atoms. The summed E-state index contributed by atoms with van der Waals surface area (Å²) in [6.45, 7) is 5.69. The van der Waals surface area contributed by atoms with Crippen LogP contribution >= 0.6 is 0 Å². The van der Waals surface area contributed by atoms with E-state index in [2.05, 4.69) is 37.7 Å². The van der Waals surface area contributed by atoms with Crippen LogP contribution < -0.4 is 0 Å². The number of likely N-dealkylation sites (N-methyl/N-ethyl adjacent to an activating group) is 2. The molecule has 0 aliphatic carbocycles. The zero-order valence-corrected chi connectivity index (χ0v) is 7.46. The minimum atomic E-state index is 0.731. The lowest BCUT2D eigenvalue weighted by Crippen LogP contribution is -2.31. The highest BCUT2D eigenvalue weighted by Crippen LogP contribution is 2.18. The zero-order chi connectivity index (χ0) is 7.72. The van der Waals surface area contributed by atoms with Crippen molar-refractivity contribution in [1.29, 1.82) is 0 Å². The topological polar surface area (TPSA) is 6.48 Å². The predicted molar refractivity (Wildman–Crippen MR) is 43.9 cm³/mol. The third-order valence-electron chi connectivity index (χ3n) is 2.68. The van der Waals surface area contributed by atoms with Crippen molar-refractivity contribution < 1.29 is 0 Å². The summed E-state index contributed by atoms with van der Waals surface area (Å²) < 4.78 is 0. The zero-order valence-electron chi connectivity index (χ0n) is 7.46. The van der Waals surface area contributed by atoms with Crippen molar-refractivity contribution in [3.05, 3.63) is 0 Å². The molecule has 0 amide bonds. The van der Waals surface area contributed by atoms with Gasteiger partial charge in [0.05, 0.1) is 6.67 Å². The molecule has 0 N–H and O–H groups in total. The largest absolute Gasteiger partial charge is 0.289 e. The quantitative estimate of drug-likeness (QED) is 0.538.